The zero-order valence-electron chi connectivity index (χ0n) is 7.14. The zero-order valence-corrected chi connectivity index (χ0v) is 7.14. The third-order valence-electron chi connectivity index (χ3n) is 1.95. The molecule has 0 saturated carbocycles. The number of hydrogen-bond donors (Lipinski definition) is 4. The van der Waals surface area contributed by atoms with Gasteiger partial charge in [-0.05, 0) is 6.92 Å². The van der Waals surface area contributed by atoms with Crippen molar-refractivity contribution < 1.29 is 20.4 Å². The second kappa shape index (κ2) is 5.27. The molecule has 4 N–H and O–H groups in total. The molecular weight excluding hydrogens is 160 g/mol. The van der Waals surface area contributed by atoms with Gasteiger partial charge in [-0.3, -0.25) is 0 Å². The topological polar surface area (TPSA) is 80.9 Å². The molecule has 0 saturated heterocycles. The van der Waals surface area contributed by atoms with Crippen LogP contribution in [-0.4, -0.2) is 46.4 Å². The first-order chi connectivity index (χ1) is 5.66. The van der Waals surface area contributed by atoms with Crippen molar-refractivity contribution in [1.29, 1.82) is 0 Å². The SMILES string of the molecule is CC=CC(O)C(CO)(CO)CO. The monoisotopic (exact) mass is 176 g/mol. The number of hydrogen-bond acceptors (Lipinski definition) is 4. The Labute approximate surface area is 71.8 Å². The van der Waals surface area contributed by atoms with Gasteiger partial charge in [0.1, 0.15) is 0 Å². The zero-order chi connectivity index (χ0) is 9.61. The van der Waals surface area contributed by atoms with Crippen molar-refractivity contribution in [3.8, 4) is 0 Å². The first-order valence-electron chi connectivity index (χ1n) is 3.80. The van der Waals surface area contributed by atoms with Gasteiger partial charge < -0.3 is 20.4 Å². The lowest BCUT2D eigenvalue weighted by Crippen LogP contribution is -2.44. The van der Waals surface area contributed by atoms with Crippen LogP contribution in [0.2, 0.25) is 0 Å². The van der Waals surface area contributed by atoms with Crippen molar-refractivity contribution in [1.82, 2.24) is 0 Å². The van der Waals surface area contributed by atoms with E-state index in [2.05, 4.69) is 0 Å². The molecule has 0 spiro atoms. The predicted octanol–water partition coefficient (Wildman–Crippen LogP) is -1.11. The van der Waals surface area contributed by atoms with E-state index in [1.54, 1.807) is 13.0 Å². The fourth-order valence-electron chi connectivity index (χ4n) is 0.817. The molecule has 4 nitrogen and oxygen atoms in total. The lowest BCUT2D eigenvalue weighted by molar-refractivity contribution is -0.0635. The molecule has 0 aromatic carbocycles. The fraction of sp³-hybridized carbons (Fsp3) is 0.750. The summed E-state index contributed by atoms with van der Waals surface area (Å²) in [4.78, 5) is 0. The van der Waals surface area contributed by atoms with Gasteiger partial charge in [0.25, 0.3) is 0 Å². The van der Waals surface area contributed by atoms with E-state index < -0.39 is 31.3 Å². The maximum absolute atomic E-state index is 9.39. The summed E-state index contributed by atoms with van der Waals surface area (Å²) >= 11 is 0. The van der Waals surface area contributed by atoms with Gasteiger partial charge in [0, 0.05) is 0 Å². The van der Waals surface area contributed by atoms with Gasteiger partial charge >= 0.3 is 0 Å². The van der Waals surface area contributed by atoms with Crippen LogP contribution < -0.4 is 0 Å². The Morgan fingerprint density at radius 1 is 1.17 bits per heavy atom. The van der Waals surface area contributed by atoms with Crippen molar-refractivity contribution in [2.75, 3.05) is 19.8 Å². The van der Waals surface area contributed by atoms with Gasteiger partial charge in [0.05, 0.1) is 31.3 Å². The number of aliphatic hydroxyl groups is 4. The lowest BCUT2D eigenvalue weighted by Gasteiger charge is -2.30. The molecule has 0 amide bonds. The lowest BCUT2D eigenvalue weighted by atomic mass is 9.84. The van der Waals surface area contributed by atoms with Crippen LogP contribution in [0.1, 0.15) is 6.92 Å². The van der Waals surface area contributed by atoms with E-state index >= 15 is 0 Å². The Morgan fingerprint density at radius 2 is 1.58 bits per heavy atom. The highest BCUT2D eigenvalue weighted by Gasteiger charge is 2.34. The van der Waals surface area contributed by atoms with Gasteiger partial charge in [-0.15, -0.1) is 0 Å². The van der Waals surface area contributed by atoms with Gasteiger partial charge in [0.2, 0.25) is 0 Å². The number of rotatable bonds is 5. The van der Waals surface area contributed by atoms with Crippen LogP contribution in [0.15, 0.2) is 12.2 Å². The van der Waals surface area contributed by atoms with Gasteiger partial charge in [-0.1, -0.05) is 12.2 Å². The first kappa shape index (κ1) is 11.6. The van der Waals surface area contributed by atoms with E-state index in [0.29, 0.717) is 0 Å². The molecule has 72 valence electrons. The largest absolute Gasteiger partial charge is 0.395 e. The maximum Gasteiger partial charge on any atom is 0.0843 e. The third kappa shape index (κ3) is 2.28. The molecule has 0 heterocycles. The summed E-state index contributed by atoms with van der Waals surface area (Å²) in [6.07, 6.45) is 1.99. The highest BCUT2D eigenvalue weighted by atomic mass is 16.3. The summed E-state index contributed by atoms with van der Waals surface area (Å²) in [6, 6.07) is 0. The molecule has 0 aliphatic carbocycles. The summed E-state index contributed by atoms with van der Waals surface area (Å²) < 4.78 is 0. The quantitative estimate of drug-likeness (QED) is 0.400. The Balaban J connectivity index is 4.46. The average molecular weight is 176 g/mol. The first-order valence-corrected chi connectivity index (χ1v) is 3.80. The summed E-state index contributed by atoms with van der Waals surface area (Å²) in [6.45, 7) is 0.350. The molecule has 1 unspecified atom stereocenters. The molecule has 0 fully saturated rings. The molecule has 0 rings (SSSR count). The smallest absolute Gasteiger partial charge is 0.0843 e. The van der Waals surface area contributed by atoms with Crippen LogP contribution in [0.5, 0.6) is 0 Å². The molecule has 4 heteroatoms. The van der Waals surface area contributed by atoms with Crippen LogP contribution >= 0.6 is 0 Å². The van der Waals surface area contributed by atoms with Crippen molar-refractivity contribution in [3.63, 3.8) is 0 Å². The molecule has 0 radical (unpaired) electrons. The summed E-state index contributed by atoms with van der Waals surface area (Å²) in [7, 11) is 0. The van der Waals surface area contributed by atoms with Crippen LogP contribution in [0, 0.1) is 5.41 Å². The molecule has 0 aliphatic heterocycles. The molecule has 0 aliphatic rings. The Kier molecular flexibility index (Phi) is 5.08. The highest BCUT2D eigenvalue weighted by Crippen LogP contribution is 2.21. The summed E-state index contributed by atoms with van der Waals surface area (Å²) in [5, 5.41) is 36.0. The minimum Gasteiger partial charge on any atom is -0.395 e. The van der Waals surface area contributed by atoms with Crippen molar-refractivity contribution >= 4 is 0 Å². The van der Waals surface area contributed by atoms with Crippen LogP contribution in [0.4, 0.5) is 0 Å². The second-order valence-electron chi connectivity index (χ2n) is 2.81. The molecule has 0 bridgehead atoms. The summed E-state index contributed by atoms with van der Waals surface area (Å²) in [5.74, 6) is 0. The molecule has 12 heavy (non-hydrogen) atoms. The van der Waals surface area contributed by atoms with E-state index in [0.717, 1.165) is 0 Å². The number of allylic oxidation sites excluding steroid dienone is 1. The van der Waals surface area contributed by atoms with Gasteiger partial charge in [-0.25, -0.2) is 0 Å². The standard InChI is InChI=1S/C8H16O4/c1-2-3-7(12)8(4-9,5-10)6-11/h2-3,7,9-12H,4-6H2,1H3. The third-order valence-corrected chi connectivity index (χ3v) is 1.95. The number of aliphatic hydroxyl groups excluding tert-OH is 4. The fourth-order valence-corrected chi connectivity index (χ4v) is 0.817. The van der Waals surface area contributed by atoms with Crippen molar-refractivity contribution in [2.45, 2.75) is 13.0 Å². The van der Waals surface area contributed by atoms with Crippen LogP contribution in [-0.2, 0) is 0 Å². The van der Waals surface area contributed by atoms with Crippen LogP contribution in [0.25, 0.3) is 0 Å². The van der Waals surface area contributed by atoms with Crippen LogP contribution in [0.3, 0.4) is 0 Å². The minimum absolute atomic E-state index is 0.453. The summed E-state index contributed by atoms with van der Waals surface area (Å²) in [5.41, 5.74) is -1.23. The Morgan fingerprint density at radius 3 is 1.83 bits per heavy atom. The maximum atomic E-state index is 9.39. The molecule has 1 atom stereocenters. The molecular formula is C8H16O4. The Bertz CT molecular complexity index is 132. The highest BCUT2D eigenvalue weighted by molar-refractivity contribution is 4.98. The van der Waals surface area contributed by atoms with Crippen molar-refractivity contribution in [2.24, 2.45) is 5.41 Å². The predicted molar refractivity (Wildman–Crippen MR) is 44.5 cm³/mol. The van der Waals surface area contributed by atoms with E-state index in [9.17, 15) is 5.11 Å². The molecule has 0 aromatic heterocycles. The van der Waals surface area contributed by atoms with Crippen molar-refractivity contribution in [3.05, 3.63) is 12.2 Å². The van der Waals surface area contributed by atoms with Gasteiger partial charge in [-0.2, -0.15) is 0 Å². The van der Waals surface area contributed by atoms with E-state index in [4.69, 9.17) is 15.3 Å². The van der Waals surface area contributed by atoms with E-state index in [1.807, 2.05) is 0 Å². The average Bonchev–Trinajstić information content (AvgIpc) is 2.09. The Hall–Kier alpha value is -0.420. The van der Waals surface area contributed by atoms with E-state index in [-0.39, 0.29) is 0 Å². The minimum atomic E-state index is -1.23. The second-order valence-corrected chi connectivity index (χ2v) is 2.81. The van der Waals surface area contributed by atoms with E-state index in [1.165, 1.54) is 6.08 Å². The normalized spacial score (nSPS) is 15.4. The van der Waals surface area contributed by atoms with Gasteiger partial charge in [0.15, 0.2) is 0 Å². The molecule has 0 aromatic rings.